The van der Waals surface area contributed by atoms with Gasteiger partial charge in [0.25, 0.3) is 0 Å². The van der Waals surface area contributed by atoms with Gasteiger partial charge in [-0.2, -0.15) is 0 Å². The van der Waals surface area contributed by atoms with Crippen LogP contribution >= 0.6 is 8.03 Å². The molecule has 0 spiro atoms. The molecule has 1 aromatic carbocycles. The summed E-state index contributed by atoms with van der Waals surface area (Å²) >= 11 is 0. The molecule has 1 rings (SSSR count). The van der Waals surface area contributed by atoms with E-state index in [-0.39, 0.29) is 29.5 Å². The third kappa shape index (κ3) is 5.32. The Hall–Kier alpha value is -0.354. The maximum atomic E-state index is 10.7. The molecule has 0 aromatic heterocycles. The van der Waals surface area contributed by atoms with Crippen molar-refractivity contribution in [3.05, 3.63) is 29.8 Å². The quantitative estimate of drug-likeness (QED) is 0.568. The highest BCUT2D eigenvalue weighted by Crippen LogP contribution is 2.13. The molecule has 1 unspecified atom stereocenters. The van der Waals surface area contributed by atoms with Crippen molar-refractivity contribution in [2.24, 2.45) is 0 Å². The molecule has 0 heterocycles. The number of aliphatic carboxylic acids is 1. The van der Waals surface area contributed by atoms with E-state index in [0.717, 1.165) is 5.56 Å². The van der Waals surface area contributed by atoms with Gasteiger partial charge in [0.1, 0.15) is 0 Å². The van der Waals surface area contributed by atoms with Gasteiger partial charge in [-0.05, 0) is 24.1 Å². The Balaban J connectivity index is 0.00000196. The summed E-state index contributed by atoms with van der Waals surface area (Å²) < 4.78 is 10.7. The Kier molecular flexibility index (Phi) is 6.84. The van der Waals surface area contributed by atoms with E-state index < -0.39 is 14.0 Å². The Morgan fingerprint density at radius 1 is 1.27 bits per heavy atom. The number of hydrogen-bond acceptors (Lipinski definition) is 2. The summed E-state index contributed by atoms with van der Waals surface area (Å²) in [6, 6.07) is 6.46. The summed E-state index contributed by atoms with van der Waals surface area (Å²) in [4.78, 5) is 19.0. The Bertz CT molecular complexity index is 350. The third-order valence-electron chi connectivity index (χ3n) is 1.83. The number of carboxylic acid groups (broad SMARTS) is 1. The zero-order valence-electron chi connectivity index (χ0n) is 7.43. The summed E-state index contributed by atoms with van der Waals surface area (Å²) in [5.41, 5.74) is 0.861. The van der Waals surface area contributed by atoms with Crippen molar-refractivity contribution in [3.8, 4) is 0 Å². The molecule has 0 amide bonds. The fraction of sp³-hybridized carbons (Fsp3) is 0.222. The third-order valence-corrected chi connectivity index (χ3v) is 2.66. The van der Waals surface area contributed by atoms with Crippen molar-refractivity contribution in [2.75, 3.05) is 0 Å². The highest BCUT2D eigenvalue weighted by Gasteiger charge is 2.01. The molecule has 1 aromatic rings. The van der Waals surface area contributed by atoms with E-state index in [1.165, 1.54) is 0 Å². The second-order valence-corrected chi connectivity index (χ2v) is 4.08. The minimum absolute atomic E-state index is 0. The maximum Gasteiger partial charge on any atom is 0.316 e. The van der Waals surface area contributed by atoms with Crippen LogP contribution in [0.3, 0.4) is 0 Å². The lowest BCUT2D eigenvalue weighted by molar-refractivity contribution is -0.136. The lowest BCUT2D eigenvalue weighted by Gasteiger charge is -1.99. The van der Waals surface area contributed by atoms with Crippen molar-refractivity contribution < 1.29 is 19.4 Å². The van der Waals surface area contributed by atoms with Gasteiger partial charge >= 0.3 is 29.0 Å². The first kappa shape index (κ1) is 14.6. The average molecular weight is 240 g/mol. The van der Waals surface area contributed by atoms with Crippen molar-refractivity contribution in [1.82, 2.24) is 0 Å². The lowest BCUT2D eigenvalue weighted by atomic mass is 10.1. The molecule has 0 aliphatic heterocycles. The predicted octanol–water partition coefficient (Wildman–Crippen LogP) is -0.120. The Labute approximate surface area is 104 Å². The molecule has 4 nitrogen and oxygen atoms in total. The second kappa shape index (κ2) is 7.01. The van der Waals surface area contributed by atoms with Gasteiger partial charge in [-0.25, -0.2) is 0 Å². The molecule has 2 N–H and O–H groups in total. The number of rotatable bonds is 4. The molecule has 15 heavy (non-hydrogen) atoms. The molecule has 0 aliphatic carbocycles. The molecule has 0 saturated heterocycles. The SMILES string of the molecule is O=C(O)CCc1ccc([PH](=O)O)cc1.[MgH2]. The smallest absolute Gasteiger partial charge is 0.316 e. The first-order valence-electron chi connectivity index (χ1n) is 4.13. The maximum absolute atomic E-state index is 10.7. The van der Waals surface area contributed by atoms with Gasteiger partial charge < -0.3 is 10.00 Å². The van der Waals surface area contributed by atoms with Gasteiger partial charge in [0.05, 0.1) is 0 Å². The Morgan fingerprint density at radius 3 is 2.20 bits per heavy atom. The fourth-order valence-electron chi connectivity index (χ4n) is 1.07. The number of hydrogen-bond donors (Lipinski definition) is 2. The highest BCUT2D eigenvalue weighted by atomic mass is 31.1. The van der Waals surface area contributed by atoms with E-state index >= 15 is 0 Å². The fourth-order valence-corrected chi connectivity index (χ4v) is 1.52. The molecule has 0 aliphatic rings. The first-order valence-corrected chi connectivity index (χ1v) is 5.49. The van der Waals surface area contributed by atoms with Crippen LogP contribution in [-0.4, -0.2) is 39.0 Å². The van der Waals surface area contributed by atoms with E-state index in [2.05, 4.69) is 0 Å². The summed E-state index contributed by atoms with van der Waals surface area (Å²) in [6.07, 6.45) is 0.523. The van der Waals surface area contributed by atoms with Gasteiger partial charge in [0.15, 0.2) is 0 Å². The molecule has 80 valence electrons. The Morgan fingerprint density at radius 2 is 1.80 bits per heavy atom. The molecule has 0 bridgehead atoms. The van der Waals surface area contributed by atoms with Crippen LogP contribution in [0.25, 0.3) is 0 Å². The van der Waals surface area contributed by atoms with E-state index in [1.54, 1.807) is 24.3 Å². The van der Waals surface area contributed by atoms with Crippen LogP contribution in [0.5, 0.6) is 0 Å². The van der Waals surface area contributed by atoms with Crippen LogP contribution < -0.4 is 5.30 Å². The van der Waals surface area contributed by atoms with E-state index in [9.17, 15) is 9.36 Å². The zero-order valence-corrected chi connectivity index (χ0v) is 8.43. The molecule has 0 radical (unpaired) electrons. The van der Waals surface area contributed by atoms with Gasteiger partial charge in [-0.1, -0.05) is 12.1 Å². The van der Waals surface area contributed by atoms with Crippen LogP contribution in [0, 0.1) is 0 Å². The molecule has 1 atom stereocenters. The van der Waals surface area contributed by atoms with E-state index in [1.807, 2.05) is 0 Å². The summed E-state index contributed by atoms with van der Waals surface area (Å²) in [5.74, 6) is -0.843. The van der Waals surface area contributed by atoms with Crippen LogP contribution in [-0.2, 0) is 15.8 Å². The standard InChI is InChI=1S/C9H11O4P.Mg.2H/c10-9(11)6-3-7-1-4-8(5-2-7)14(12)13;;;/h1-2,4-5,14H,3,6H2,(H,10,11)(H,12,13);;;. The molecular formula is C9H13MgO4P. The normalized spacial score (nSPS) is 11.5. The van der Waals surface area contributed by atoms with Crippen molar-refractivity contribution in [3.63, 3.8) is 0 Å². The molecule has 0 fully saturated rings. The average Bonchev–Trinajstić information content (AvgIpc) is 2.15. The minimum Gasteiger partial charge on any atom is -0.481 e. The number of benzene rings is 1. The zero-order chi connectivity index (χ0) is 10.6. The van der Waals surface area contributed by atoms with Crippen LogP contribution in [0.15, 0.2) is 24.3 Å². The lowest BCUT2D eigenvalue weighted by Crippen LogP contribution is -2.00. The van der Waals surface area contributed by atoms with Gasteiger partial charge in [0, 0.05) is 11.7 Å². The minimum atomic E-state index is -2.63. The van der Waals surface area contributed by atoms with Gasteiger partial charge in [-0.3, -0.25) is 9.36 Å². The number of carboxylic acids is 1. The largest absolute Gasteiger partial charge is 0.481 e. The van der Waals surface area contributed by atoms with Crippen LogP contribution in [0.2, 0.25) is 0 Å². The molecular weight excluding hydrogens is 227 g/mol. The van der Waals surface area contributed by atoms with Crippen molar-refractivity contribution in [1.29, 1.82) is 0 Å². The van der Waals surface area contributed by atoms with Crippen LogP contribution in [0.1, 0.15) is 12.0 Å². The summed E-state index contributed by atoms with van der Waals surface area (Å²) in [5, 5.41) is 8.83. The predicted molar refractivity (Wildman–Crippen MR) is 61.8 cm³/mol. The molecule has 6 heteroatoms. The van der Waals surface area contributed by atoms with Crippen molar-refractivity contribution in [2.45, 2.75) is 12.8 Å². The highest BCUT2D eigenvalue weighted by molar-refractivity contribution is 7.47. The number of carbonyl (C=O) groups is 1. The second-order valence-electron chi connectivity index (χ2n) is 2.90. The van der Waals surface area contributed by atoms with Gasteiger partial charge in [0.2, 0.25) is 8.03 Å². The monoisotopic (exact) mass is 240 g/mol. The number of aryl methyl sites for hydroxylation is 1. The van der Waals surface area contributed by atoms with Crippen LogP contribution in [0.4, 0.5) is 0 Å². The summed E-state index contributed by atoms with van der Waals surface area (Å²) in [6.45, 7) is 0. The topological polar surface area (TPSA) is 74.6 Å². The van der Waals surface area contributed by atoms with E-state index in [4.69, 9.17) is 10.00 Å². The molecule has 0 saturated carbocycles. The van der Waals surface area contributed by atoms with E-state index in [0.29, 0.717) is 11.7 Å². The first-order chi connectivity index (χ1) is 6.59. The summed E-state index contributed by atoms with van der Waals surface area (Å²) in [7, 11) is -2.63. The van der Waals surface area contributed by atoms with Gasteiger partial charge in [-0.15, -0.1) is 0 Å². The van der Waals surface area contributed by atoms with Crippen molar-refractivity contribution >= 4 is 42.4 Å².